The minimum atomic E-state index is -0.634. The molecule has 0 aliphatic rings. The molecule has 0 heterocycles. The molecule has 0 saturated heterocycles. The van der Waals surface area contributed by atoms with E-state index in [-0.39, 0.29) is 17.7 Å². The third kappa shape index (κ3) is 4.79. The third-order valence-electron chi connectivity index (χ3n) is 3.21. The molecule has 0 atom stereocenters. The van der Waals surface area contributed by atoms with Gasteiger partial charge in [0.2, 0.25) is 5.91 Å². The van der Waals surface area contributed by atoms with Gasteiger partial charge in [0.1, 0.15) is 0 Å². The van der Waals surface area contributed by atoms with Gasteiger partial charge in [0.05, 0.1) is 4.92 Å². The Morgan fingerprint density at radius 1 is 1.08 bits per heavy atom. The second-order valence-corrected chi connectivity index (χ2v) is 5.31. The number of rotatable bonds is 5. The number of carbonyl (C=O) groups is 2. The Morgan fingerprint density at radius 2 is 1.83 bits per heavy atom. The molecule has 0 aliphatic heterocycles. The lowest BCUT2D eigenvalue weighted by atomic mass is 10.1. The van der Waals surface area contributed by atoms with Crippen LogP contribution in [0, 0.1) is 10.1 Å². The molecule has 24 heavy (non-hydrogen) atoms. The lowest BCUT2D eigenvalue weighted by Gasteiger charge is -2.08. The quantitative estimate of drug-likeness (QED) is 0.641. The van der Waals surface area contributed by atoms with Crippen LogP contribution in [0.1, 0.15) is 22.3 Å². The van der Waals surface area contributed by atoms with Crippen LogP contribution in [0.25, 0.3) is 0 Å². The Balaban J connectivity index is 1.85. The third-order valence-corrected chi connectivity index (χ3v) is 3.58. The van der Waals surface area contributed by atoms with E-state index in [0.717, 1.165) is 11.6 Å². The van der Waals surface area contributed by atoms with Crippen molar-refractivity contribution in [3.8, 4) is 0 Å². The predicted octanol–water partition coefficient (Wildman–Crippen LogP) is 2.64. The number of hydrogen-bond donors (Lipinski definition) is 2. The average Bonchev–Trinajstić information content (AvgIpc) is 2.59. The van der Waals surface area contributed by atoms with Crippen LogP contribution in [0.15, 0.2) is 48.5 Å². The zero-order chi connectivity index (χ0) is 17.5. The molecule has 0 spiro atoms. The van der Waals surface area contributed by atoms with Crippen molar-refractivity contribution in [3.63, 3.8) is 0 Å². The predicted molar refractivity (Wildman–Crippen MR) is 88.5 cm³/mol. The number of nitro benzene ring substituents is 1. The molecular formula is C16H14ClN3O4. The summed E-state index contributed by atoms with van der Waals surface area (Å²) in [6.45, 7) is 0. The highest BCUT2D eigenvalue weighted by Crippen LogP contribution is 2.16. The maximum Gasteiger partial charge on any atom is 0.270 e. The molecule has 0 radical (unpaired) electrons. The van der Waals surface area contributed by atoms with E-state index in [1.54, 1.807) is 12.1 Å². The number of benzene rings is 2. The van der Waals surface area contributed by atoms with Gasteiger partial charge in [-0.05, 0) is 24.1 Å². The number of hydrogen-bond acceptors (Lipinski definition) is 4. The molecule has 7 nitrogen and oxygen atoms in total. The minimum Gasteiger partial charge on any atom is -0.273 e. The van der Waals surface area contributed by atoms with Crippen molar-refractivity contribution in [2.75, 3.05) is 0 Å². The number of carbonyl (C=O) groups excluding carboxylic acids is 2. The number of hydrazine groups is 1. The SMILES string of the molecule is O=C(CCc1ccccc1Cl)NNC(=O)c1cccc([N+](=O)[O-])c1. The highest BCUT2D eigenvalue weighted by atomic mass is 35.5. The first-order valence-electron chi connectivity index (χ1n) is 7.04. The van der Waals surface area contributed by atoms with E-state index >= 15 is 0 Å². The number of non-ortho nitro benzene ring substituents is 1. The molecule has 2 aromatic carbocycles. The Kier molecular flexibility index (Phi) is 5.86. The van der Waals surface area contributed by atoms with Crippen LogP contribution < -0.4 is 10.9 Å². The molecule has 0 aromatic heterocycles. The average molecular weight is 348 g/mol. The lowest BCUT2D eigenvalue weighted by Crippen LogP contribution is -2.41. The molecule has 8 heteroatoms. The lowest BCUT2D eigenvalue weighted by molar-refractivity contribution is -0.384. The molecule has 2 amide bonds. The molecule has 2 aromatic rings. The zero-order valence-corrected chi connectivity index (χ0v) is 13.2. The van der Waals surface area contributed by atoms with Gasteiger partial charge in [0.15, 0.2) is 0 Å². The van der Waals surface area contributed by atoms with Crippen LogP contribution in [0.2, 0.25) is 5.02 Å². The van der Waals surface area contributed by atoms with Crippen molar-refractivity contribution in [1.82, 2.24) is 10.9 Å². The smallest absolute Gasteiger partial charge is 0.270 e. The molecule has 0 bridgehead atoms. The topological polar surface area (TPSA) is 101 Å². The Bertz CT molecular complexity index is 779. The van der Waals surface area contributed by atoms with Gasteiger partial charge in [-0.3, -0.25) is 30.6 Å². The van der Waals surface area contributed by atoms with Crippen molar-refractivity contribution < 1.29 is 14.5 Å². The molecule has 0 aliphatic carbocycles. The summed E-state index contributed by atoms with van der Waals surface area (Å²) in [5, 5.41) is 11.3. The summed E-state index contributed by atoms with van der Waals surface area (Å²) in [4.78, 5) is 33.7. The molecule has 2 N–H and O–H groups in total. The van der Waals surface area contributed by atoms with Gasteiger partial charge < -0.3 is 0 Å². The van der Waals surface area contributed by atoms with Crippen molar-refractivity contribution >= 4 is 29.1 Å². The first-order chi connectivity index (χ1) is 11.5. The second kappa shape index (κ2) is 8.07. The van der Waals surface area contributed by atoms with Crippen molar-refractivity contribution in [2.45, 2.75) is 12.8 Å². The number of amides is 2. The van der Waals surface area contributed by atoms with Gasteiger partial charge in [-0.25, -0.2) is 0 Å². The summed E-state index contributed by atoms with van der Waals surface area (Å²) in [5.74, 6) is -1.03. The largest absolute Gasteiger partial charge is 0.273 e. The summed E-state index contributed by atoms with van der Waals surface area (Å²) in [5.41, 5.74) is 5.20. The molecule has 0 fully saturated rings. The van der Waals surface area contributed by atoms with Crippen LogP contribution in [-0.4, -0.2) is 16.7 Å². The van der Waals surface area contributed by atoms with Gasteiger partial charge in [-0.2, -0.15) is 0 Å². The van der Waals surface area contributed by atoms with Crippen LogP contribution in [0.5, 0.6) is 0 Å². The number of aryl methyl sites for hydroxylation is 1. The summed E-state index contributed by atoms with van der Waals surface area (Å²) in [6, 6.07) is 12.4. The number of nitrogens with zero attached hydrogens (tertiary/aromatic N) is 1. The highest BCUT2D eigenvalue weighted by molar-refractivity contribution is 6.31. The first-order valence-corrected chi connectivity index (χ1v) is 7.42. The van der Waals surface area contributed by atoms with E-state index in [2.05, 4.69) is 10.9 Å². The van der Waals surface area contributed by atoms with Crippen molar-refractivity contribution in [2.24, 2.45) is 0 Å². The van der Waals surface area contributed by atoms with E-state index in [4.69, 9.17) is 11.6 Å². The normalized spacial score (nSPS) is 10.0. The Labute approximate surface area is 142 Å². The van der Waals surface area contributed by atoms with Crippen molar-refractivity contribution in [3.05, 3.63) is 74.8 Å². The number of nitro groups is 1. The van der Waals surface area contributed by atoms with Gasteiger partial charge in [0.25, 0.3) is 11.6 Å². The van der Waals surface area contributed by atoms with E-state index < -0.39 is 16.7 Å². The molecule has 0 saturated carbocycles. The first kappa shape index (κ1) is 17.4. The summed E-state index contributed by atoms with van der Waals surface area (Å²) < 4.78 is 0. The molecule has 124 valence electrons. The van der Waals surface area contributed by atoms with Gasteiger partial charge in [-0.15, -0.1) is 0 Å². The van der Waals surface area contributed by atoms with Gasteiger partial charge in [-0.1, -0.05) is 35.9 Å². The Hall–Kier alpha value is -2.93. The summed E-state index contributed by atoms with van der Waals surface area (Å²) in [6.07, 6.45) is 0.567. The minimum absolute atomic E-state index is 0.0793. The fourth-order valence-corrected chi connectivity index (χ4v) is 2.20. The van der Waals surface area contributed by atoms with Crippen LogP contribution in [0.4, 0.5) is 5.69 Å². The standard InChI is InChI=1S/C16H14ClN3O4/c17-14-7-2-1-4-11(14)8-9-15(21)18-19-16(22)12-5-3-6-13(10-12)20(23)24/h1-7,10H,8-9H2,(H,18,21)(H,19,22). The monoisotopic (exact) mass is 347 g/mol. The zero-order valence-electron chi connectivity index (χ0n) is 12.5. The number of halogens is 1. The molecular weight excluding hydrogens is 334 g/mol. The summed E-state index contributed by atoms with van der Waals surface area (Å²) in [7, 11) is 0. The van der Waals surface area contributed by atoms with E-state index in [1.807, 2.05) is 12.1 Å². The molecule has 0 unspecified atom stereocenters. The summed E-state index contributed by atoms with van der Waals surface area (Å²) >= 11 is 6.00. The van der Waals surface area contributed by atoms with Crippen LogP contribution in [0.3, 0.4) is 0 Å². The van der Waals surface area contributed by atoms with E-state index in [1.165, 1.54) is 18.2 Å². The van der Waals surface area contributed by atoms with E-state index in [0.29, 0.717) is 11.4 Å². The maximum atomic E-state index is 11.9. The fraction of sp³-hybridized carbons (Fsp3) is 0.125. The second-order valence-electron chi connectivity index (χ2n) is 4.90. The highest BCUT2D eigenvalue weighted by Gasteiger charge is 2.12. The van der Waals surface area contributed by atoms with Gasteiger partial charge >= 0.3 is 0 Å². The van der Waals surface area contributed by atoms with Gasteiger partial charge in [0, 0.05) is 29.1 Å². The fourth-order valence-electron chi connectivity index (χ4n) is 1.97. The Morgan fingerprint density at radius 3 is 2.54 bits per heavy atom. The number of nitrogens with one attached hydrogen (secondary N) is 2. The van der Waals surface area contributed by atoms with Crippen LogP contribution >= 0.6 is 11.6 Å². The molecule has 2 rings (SSSR count). The maximum absolute atomic E-state index is 11.9. The van der Waals surface area contributed by atoms with E-state index in [9.17, 15) is 19.7 Å². The van der Waals surface area contributed by atoms with Crippen molar-refractivity contribution in [1.29, 1.82) is 0 Å². The van der Waals surface area contributed by atoms with Crippen LogP contribution in [-0.2, 0) is 11.2 Å².